The number of halogens is 1. The zero-order valence-corrected chi connectivity index (χ0v) is 12.7. The first-order chi connectivity index (χ1) is 9.90. The molecule has 5 nitrogen and oxygen atoms in total. The van der Waals surface area contributed by atoms with E-state index in [4.69, 9.17) is 0 Å². The average Bonchev–Trinajstić information content (AvgIpc) is 2.39. The predicted molar refractivity (Wildman–Crippen MR) is 79.5 cm³/mol. The summed E-state index contributed by atoms with van der Waals surface area (Å²) in [6.07, 6.45) is 0. The van der Waals surface area contributed by atoms with Gasteiger partial charge in [0.15, 0.2) is 13.1 Å². The topological polar surface area (TPSA) is 62.6 Å². The van der Waals surface area contributed by atoms with Gasteiger partial charge in [0, 0.05) is 11.7 Å². The summed E-state index contributed by atoms with van der Waals surface area (Å²) in [5.41, 5.74) is 0.545. The van der Waals surface area contributed by atoms with E-state index in [-0.39, 0.29) is 36.8 Å². The molecule has 0 aliphatic carbocycles. The minimum absolute atomic E-state index is 0.0727. The number of amides is 2. The molecule has 1 aromatic rings. The SMILES string of the molecule is CC[NH+](CC(=O)Nc1ccc(F)cc1)CC(=O)NC(C)C. The summed E-state index contributed by atoms with van der Waals surface area (Å²) in [6, 6.07) is 5.67. The summed E-state index contributed by atoms with van der Waals surface area (Å²) >= 11 is 0. The Morgan fingerprint density at radius 3 is 2.24 bits per heavy atom. The zero-order chi connectivity index (χ0) is 15.8. The lowest BCUT2D eigenvalue weighted by atomic mass is 10.3. The third-order valence-electron chi connectivity index (χ3n) is 2.90. The van der Waals surface area contributed by atoms with E-state index in [1.807, 2.05) is 20.8 Å². The van der Waals surface area contributed by atoms with E-state index in [1.165, 1.54) is 24.3 Å². The Kier molecular flexibility index (Phi) is 6.81. The van der Waals surface area contributed by atoms with Gasteiger partial charge < -0.3 is 15.5 Å². The molecule has 0 saturated carbocycles. The van der Waals surface area contributed by atoms with Gasteiger partial charge in [-0.25, -0.2) is 4.39 Å². The van der Waals surface area contributed by atoms with E-state index in [1.54, 1.807) is 0 Å². The van der Waals surface area contributed by atoms with Gasteiger partial charge in [0.2, 0.25) is 0 Å². The Hall–Kier alpha value is -1.95. The fraction of sp³-hybridized carbons (Fsp3) is 0.467. The van der Waals surface area contributed by atoms with Gasteiger partial charge in [-0.05, 0) is 45.0 Å². The molecular formula is C15H23FN3O2+. The normalized spacial score (nSPS) is 12.0. The quantitative estimate of drug-likeness (QED) is 0.673. The average molecular weight is 296 g/mol. The molecule has 1 rings (SSSR count). The summed E-state index contributed by atoms with van der Waals surface area (Å²) in [7, 11) is 0. The van der Waals surface area contributed by atoms with E-state index in [9.17, 15) is 14.0 Å². The van der Waals surface area contributed by atoms with Crippen LogP contribution in [0.2, 0.25) is 0 Å². The lowest BCUT2D eigenvalue weighted by molar-refractivity contribution is -0.881. The third kappa shape index (κ3) is 6.85. The Morgan fingerprint density at radius 1 is 1.14 bits per heavy atom. The van der Waals surface area contributed by atoms with Crippen LogP contribution in [-0.4, -0.2) is 37.5 Å². The summed E-state index contributed by atoms with van der Waals surface area (Å²) < 4.78 is 12.8. The second-order valence-corrected chi connectivity index (χ2v) is 5.23. The highest BCUT2D eigenvalue weighted by molar-refractivity contribution is 5.91. The van der Waals surface area contributed by atoms with Gasteiger partial charge in [0.05, 0.1) is 6.54 Å². The maximum atomic E-state index is 12.8. The third-order valence-corrected chi connectivity index (χ3v) is 2.90. The van der Waals surface area contributed by atoms with Crippen molar-refractivity contribution >= 4 is 17.5 Å². The number of carbonyl (C=O) groups is 2. The van der Waals surface area contributed by atoms with Crippen LogP contribution in [0.5, 0.6) is 0 Å². The minimum atomic E-state index is -0.348. The highest BCUT2D eigenvalue weighted by Gasteiger charge is 2.17. The number of anilines is 1. The molecule has 1 unspecified atom stereocenters. The van der Waals surface area contributed by atoms with Gasteiger partial charge >= 0.3 is 0 Å². The smallest absolute Gasteiger partial charge is 0.279 e. The van der Waals surface area contributed by atoms with Crippen LogP contribution < -0.4 is 15.5 Å². The number of hydrogen-bond acceptors (Lipinski definition) is 2. The van der Waals surface area contributed by atoms with Crippen molar-refractivity contribution < 1.29 is 18.9 Å². The summed E-state index contributed by atoms with van der Waals surface area (Å²) in [5.74, 6) is -0.619. The fourth-order valence-electron chi connectivity index (χ4n) is 1.88. The summed E-state index contributed by atoms with van der Waals surface area (Å²) in [6.45, 7) is 6.83. The van der Waals surface area contributed by atoms with Crippen molar-refractivity contribution in [1.82, 2.24) is 5.32 Å². The lowest BCUT2D eigenvalue weighted by Gasteiger charge is -2.17. The number of nitrogens with one attached hydrogen (secondary N) is 3. The standard InChI is InChI=1S/C15H22FN3O2/c1-4-19(9-14(20)17-11(2)3)10-15(21)18-13-7-5-12(16)6-8-13/h5-8,11H,4,9-10H2,1-3H3,(H,17,20)(H,18,21)/p+1. The van der Waals surface area contributed by atoms with E-state index in [0.29, 0.717) is 12.2 Å². The molecule has 0 heterocycles. The number of quaternary nitrogens is 1. The molecule has 0 saturated heterocycles. The molecule has 0 radical (unpaired) electrons. The molecule has 0 bridgehead atoms. The fourth-order valence-corrected chi connectivity index (χ4v) is 1.88. The molecule has 1 aromatic carbocycles. The number of likely N-dealkylation sites (N-methyl/N-ethyl adjacent to an activating group) is 1. The van der Waals surface area contributed by atoms with E-state index >= 15 is 0 Å². The molecule has 3 N–H and O–H groups in total. The van der Waals surface area contributed by atoms with Crippen molar-refractivity contribution in [1.29, 1.82) is 0 Å². The van der Waals surface area contributed by atoms with Gasteiger partial charge in [0.1, 0.15) is 5.82 Å². The maximum Gasteiger partial charge on any atom is 0.279 e. The maximum absolute atomic E-state index is 12.8. The Labute approximate surface area is 124 Å². The zero-order valence-electron chi connectivity index (χ0n) is 12.7. The van der Waals surface area contributed by atoms with E-state index in [2.05, 4.69) is 10.6 Å². The van der Waals surface area contributed by atoms with Crippen LogP contribution in [0.25, 0.3) is 0 Å². The van der Waals surface area contributed by atoms with Crippen molar-refractivity contribution in [2.75, 3.05) is 25.0 Å². The Morgan fingerprint density at radius 2 is 1.71 bits per heavy atom. The van der Waals surface area contributed by atoms with E-state index in [0.717, 1.165) is 4.90 Å². The molecule has 21 heavy (non-hydrogen) atoms. The van der Waals surface area contributed by atoms with Crippen LogP contribution in [0.1, 0.15) is 20.8 Å². The van der Waals surface area contributed by atoms with Crippen LogP contribution in [0.4, 0.5) is 10.1 Å². The molecular weight excluding hydrogens is 273 g/mol. The largest absolute Gasteiger partial charge is 0.349 e. The molecule has 0 aliphatic heterocycles. The molecule has 0 aliphatic rings. The van der Waals surface area contributed by atoms with E-state index < -0.39 is 0 Å². The second-order valence-electron chi connectivity index (χ2n) is 5.23. The summed E-state index contributed by atoms with van der Waals surface area (Å²) in [5, 5.41) is 5.49. The predicted octanol–water partition coefficient (Wildman–Crippen LogP) is 0.194. The van der Waals surface area contributed by atoms with Crippen LogP contribution >= 0.6 is 0 Å². The van der Waals surface area contributed by atoms with Gasteiger partial charge in [0.25, 0.3) is 11.8 Å². The van der Waals surface area contributed by atoms with Crippen molar-refractivity contribution in [3.05, 3.63) is 30.1 Å². The number of hydrogen-bond donors (Lipinski definition) is 3. The molecule has 116 valence electrons. The first-order valence-electron chi connectivity index (χ1n) is 7.09. The molecule has 6 heteroatoms. The molecule has 2 amide bonds. The molecule has 0 fully saturated rings. The summed E-state index contributed by atoms with van der Waals surface area (Å²) in [4.78, 5) is 24.5. The number of rotatable bonds is 7. The van der Waals surface area contributed by atoms with Crippen molar-refractivity contribution in [2.24, 2.45) is 0 Å². The molecule has 0 aromatic heterocycles. The van der Waals surface area contributed by atoms with Crippen LogP contribution in [0, 0.1) is 5.82 Å². The monoisotopic (exact) mass is 296 g/mol. The Bertz CT molecular complexity index is 474. The number of benzene rings is 1. The lowest BCUT2D eigenvalue weighted by Crippen LogP contribution is -3.14. The molecule has 0 spiro atoms. The van der Waals surface area contributed by atoms with Gasteiger partial charge in [-0.2, -0.15) is 0 Å². The highest BCUT2D eigenvalue weighted by atomic mass is 19.1. The van der Waals surface area contributed by atoms with Crippen LogP contribution in [0.3, 0.4) is 0 Å². The van der Waals surface area contributed by atoms with Gasteiger partial charge in [-0.1, -0.05) is 0 Å². The van der Waals surface area contributed by atoms with Crippen molar-refractivity contribution in [3.63, 3.8) is 0 Å². The second kappa shape index (κ2) is 8.36. The van der Waals surface area contributed by atoms with Crippen LogP contribution in [0.15, 0.2) is 24.3 Å². The first kappa shape index (κ1) is 17.1. The first-order valence-corrected chi connectivity index (χ1v) is 7.09. The van der Waals surface area contributed by atoms with Crippen LogP contribution in [-0.2, 0) is 9.59 Å². The Balaban J connectivity index is 2.47. The minimum Gasteiger partial charge on any atom is -0.349 e. The van der Waals surface area contributed by atoms with Gasteiger partial charge in [-0.3, -0.25) is 9.59 Å². The van der Waals surface area contributed by atoms with Crippen molar-refractivity contribution in [3.8, 4) is 0 Å². The van der Waals surface area contributed by atoms with Crippen molar-refractivity contribution in [2.45, 2.75) is 26.8 Å². The van der Waals surface area contributed by atoms with Gasteiger partial charge in [-0.15, -0.1) is 0 Å². The molecule has 1 atom stereocenters. The highest BCUT2D eigenvalue weighted by Crippen LogP contribution is 2.07. The number of carbonyl (C=O) groups excluding carboxylic acids is 2.